The van der Waals surface area contributed by atoms with Gasteiger partial charge in [-0.15, -0.1) is 0 Å². The molecule has 1 heterocycles. The molecule has 0 atom stereocenters. The first kappa shape index (κ1) is 25.9. The molecule has 11 heteroatoms. The standard InChI is InChI=1S/C24H30N4O6S/c1-6-18(23-17-12-20(33-3)21(34-4)13-19(17)27-24(23)30)26-15-8-10-16(11-9-15)28(35(5,31)32)14-22(29)25-7-2/h8-13,27,30H,6-7,14H2,1-5H3,(H,25,29). The van der Waals surface area contributed by atoms with Crippen molar-refractivity contribution in [1.29, 1.82) is 0 Å². The van der Waals surface area contributed by atoms with Crippen molar-refractivity contribution in [2.45, 2.75) is 20.3 Å². The largest absolute Gasteiger partial charge is 0.494 e. The maximum atomic E-state index is 12.3. The number of aliphatic imine (C=N–C) groups is 1. The van der Waals surface area contributed by atoms with Crippen LogP contribution < -0.4 is 19.1 Å². The number of hydrogen-bond donors (Lipinski definition) is 3. The fraction of sp³-hybridized carbons (Fsp3) is 0.333. The molecule has 0 aliphatic carbocycles. The van der Waals surface area contributed by atoms with Crippen LogP contribution in [0.15, 0.2) is 41.4 Å². The predicted octanol–water partition coefficient (Wildman–Crippen LogP) is 3.32. The first-order chi connectivity index (χ1) is 16.6. The van der Waals surface area contributed by atoms with Crippen LogP contribution in [0.4, 0.5) is 11.4 Å². The molecule has 3 aromatic rings. The van der Waals surface area contributed by atoms with E-state index in [0.717, 1.165) is 15.9 Å². The van der Waals surface area contributed by atoms with Crippen LogP contribution in [0.5, 0.6) is 17.4 Å². The molecule has 35 heavy (non-hydrogen) atoms. The number of nitrogens with zero attached hydrogens (tertiary/aromatic N) is 2. The maximum absolute atomic E-state index is 12.3. The van der Waals surface area contributed by atoms with Crippen LogP contribution in [0.1, 0.15) is 25.8 Å². The lowest BCUT2D eigenvalue weighted by Crippen LogP contribution is -2.40. The number of aromatic amines is 1. The predicted molar refractivity (Wildman–Crippen MR) is 137 cm³/mol. The molecule has 0 fully saturated rings. The monoisotopic (exact) mass is 502 g/mol. The number of likely N-dealkylation sites (N-methyl/N-ethyl adjacent to an activating group) is 1. The van der Waals surface area contributed by atoms with Gasteiger partial charge in [-0.2, -0.15) is 0 Å². The van der Waals surface area contributed by atoms with Crippen LogP contribution in [0.3, 0.4) is 0 Å². The van der Waals surface area contributed by atoms with Crippen molar-refractivity contribution in [2.24, 2.45) is 4.99 Å². The lowest BCUT2D eigenvalue weighted by molar-refractivity contribution is -0.119. The molecule has 0 unspecified atom stereocenters. The summed E-state index contributed by atoms with van der Waals surface area (Å²) >= 11 is 0. The zero-order valence-electron chi connectivity index (χ0n) is 20.4. The molecule has 3 rings (SSSR count). The fourth-order valence-electron chi connectivity index (χ4n) is 3.74. The van der Waals surface area contributed by atoms with E-state index < -0.39 is 15.9 Å². The molecule has 0 saturated heterocycles. The third kappa shape index (κ3) is 5.68. The van der Waals surface area contributed by atoms with E-state index >= 15 is 0 Å². The van der Waals surface area contributed by atoms with E-state index in [1.165, 1.54) is 14.2 Å². The Labute approximate surface area is 204 Å². The third-order valence-corrected chi connectivity index (χ3v) is 6.51. The highest BCUT2D eigenvalue weighted by atomic mass is 32.2. The Kier molecular flexibility index (Phi) is 7.90. The zero-order valence-corrected chi connectivity index (χ0v) is 21.2. The number of aromatic hydroxyl groups is 1. The molecule has 0 aliphatic rings. The van der Waals surface area contributed by atoms with Crippen molar-refractivity contribution in [3.63, 3.8) is 0 Å². The number of benzene rings is 2. The van der Waals surface area contributed by atoms with E-state index in [4.69, 9.17) is 14.5 Å². The minimum absolute atomic E-state index is 0.0299. The number of H-pyrrole nitrogens is 1. The van der Waals surface area contributed by atoms with Crippen molar-refractivity contribution >= 4 is 43.9 Å². The van der Waals surface area contributed by atoms with E-state index in [9.17, 15) is 18.3 Å². The van der Waals surface area contributed by atoms with Gasteiger partial charge in [0.25, 0.3) is 0 Å². The molecule has 0 spiro atoms. The van der Waals surface area contributed by atoms with E-state index in [1.807, 2.05) is 6.92 Å². The summed E-state index contributed by atoms with van der Waals surface area (Å²) in [7, 11) is -0.594. The van der Waals surface area contributed by atoms with Crippen LogP contribution >= 0.6 is 0 Å². The van der Waals surface area contributed by atoms with Gasteiger partial charge in [0.2, 0.25) is 15.9 Å². The minimum atomic E-state index is -3.67. The molecular weight excluding hydrogens is 472 g/mol. The van der Waals surface area contributed by atoms with Gasteiger partial charge in [0, 0.05) is 18.0 Å². The molecule has 1 amide bonds. The number of sulfonamides is 1. The Morgan fingerprint density at radius 3 is 2.29 bits per heavy atom. The normalized spacial score (nSPS) is 12.0. The number of aromatic nitrogens is 1. The lowest BCUT2D eigenvalue weighted by atomic mass is 10.1. The molecule has 0 saturated carbocycles. The van der Waals surface area contributed by atoms with Crippen LogP contribution in [0.25, 0.3) is 10.9 Å². The van der Waals surface area contributed by atoms with E-state index in [2.05, 4.69) is 10.3 Å². The quantitative estimate of drug-likeness (QED) is 0.364. The lowest BCUT2D eigenvalue weighted by Gasteiger charge is -2.21. The zero-order chi connectivity index (χ0) is 25.8. The summed E-state index contributed by atoms with van der Waals surface area (Å²) in [6.45, 7) is 3.77. The number of carbonyl (C=O) groups excluding carboxylic acids is 1. The van der Waals surface area contributed by atoms with Crippen molar-refractivity contribution in [2.75, 3.05) is 37.9 Å². The van der Waals surface area contributed by atoms with Gasteiger partial charge in [0.15, 0.2) is 17.4 Å². The average Bonchev–Trinajstić information content (AvgIpc) is 3.14. The Morgan fingerprint density at radius 1 is 1.11 bits per heavy atom. The topological polar surface area (TPSA) is 133 Å². The highest BCUT2D eigenvalue weighted by Gasteiger charge is 2.21. The van der Waals surface area contributed by atoms with Crippen LogP contribution in [-0.2, 0) is 14.8 Å². The summed E-state index contributed by atoms with van der Waals surface area (Å²) in [5, 5.41) is 14.0. The molecule has 0 bridgehead atoms. The van der Waals surface area contributed by atoms with Gasteiger partial charge in [0.1, 0.15) is 6.54 Å². The van der Waals surface area contributed by atoms with E-state index in [0.29, 0.717) is 52.6 Å². The van der Waals surface area contributed by atoms with Gasteiger partial charge in [-0.1, -0.05) is 6.92 Å². The van der Waals surface area contributed by atoms with Gasteiger partial charge >= 0.3 is 0 Å². The molecule has 1 aromatic heterocycles. The van der Waals surface area contributed by atoms with E-state index in [-0.39, 0.29) is 12.4 Å². The number of rotatable bonds is 10. The van der Waals surface area contributed by atoms with Crippen molar-refractivity contribution < 1.29 is 27.8 Å². The summed E-state index contributed by atoms with van der Waals surface area (Å²) in [6, 6.07) is 10.0. The first-order valence-corrected chi connectivity index (χ1v) is 12.9. The van der Waals surface area contributed by atoms with E-state index in [1.54, 1.807) is 43.3 Å². The second-order valence-electron chi connectivity index (χ2n) is 7.75. The van der Waals surface area contributed by atoms with Gasteiger partial charge in [-0.25, -0.2) is 8.42 Å². The van der Waals surface area contributed by atoms with Crippen molar-refractivity contribution in [1.82, 2.24) is 10.3 Å². The number of ether oxygens (including phenoxy) is 2. The molecule has 10 nitrogen and oxygen atoms in total. The Morgan fingerprint density at radius 2 is 1.74 bits per heavy atom. The second-order valence-corrected chi connectivity index (χ2v) is 9.66. The number of carbonyl (C=O) groups is 1. The number of fused-ring (bicyclic) bond motifs is 1. The molecule has 3 N–H and O–H groups in total. The Balaban J connectivity index is 2.00. The molecular formula is C24H30N4O6S. The summed E-state index contributed by atoms with van der Waals surface area (Å²) in [5.41, 5.74) is 2.74. The van der Waals surface area contributed by atoms with Crippen LogP contribution in [0.2, 0.25) is 0 Å². The Hall–Kier alpha value is -3.73. The third-order valence-electron chi connectivity index (χ3n) is 5.37. The molecule has 0 radical (unpaired) electrons. The molecule has 2 aromatic carbocycles. The van der Waals surface area contributed by atoms with Gasteiger partial charge in [-0.05, 0) is 43.7 Å². The average molecular weight is 503 g/mol. The molecule has 188 valence electrons. The summed E-state index contributed by atoms with van der Waals surface area (Å²) in [5.74, 6) is 0.627. The maximum Gasteiger partial charge on any atom is 0.240 e. The number of methoxy groups -OCH3 is 2. The number of anilines is 1. The highest BCUT2D eigenvalue weighted by molar-refractivity contribution is 7.92. The number of amides is 1. The van der Waals surface area contributed by atoms with Crippen LogP contribution in [-0.4, -0.2) is 63.7 Å². The van der Waals surface area contributed by atoms with Crippen LogP contribution in [0, 0.1) is 0 Å². The second kappa shape index (κ2) is 10.7. The minimum Gasteiger partial charge on any atom is -0.494 e. The highest BCUT2D eigenvalue weighted by Crippen LogP contribution is 2.37. The van der Waals surface area contributed by atoms with Crippen molar-refractivity contribution in [3.8, 4) is 17.4 Å². The number of nitrogens with one attached hydrogen (secondary N) is 2. The SMILES string of the molecule is CCNC(=O)CN(c1ccc(N=C(CC)c2c(O)[nH]c3cc(OC)c(OC)cc23)cc1)S(C)(=O)=O. The molecule has 0 aliphatic heterocycles. The smallest absolute Gasteiger partial charge is 0.240 e. The summed E-state index contributed by atoms with van der Waals surface area (Å²) < 4.78 is 36.3. The van der Waals surface area contributed by atoms with Gasteiger partial charge < -0.3 is 24.9 Å². The first-order valence-electron chi connectivity index (χ1n) is 11.0. The van der Waals surface area contributed by atoms with Gasteiger partial charge in [0.05, 0.1) is 48.6 Å². The fourth-order valence-corrected chi connectivity index (χ4v) is 4.60. The summed E-state index contributed by atoms with van der Waals surface area (Å²) in [4.78, 5) is 19.6. The number of hydrogen-bond acceptors (Lipinski definition) is 7. The summed E-state index contributed by atoms with van der Waals surface area (Å²) in [6.07, 6.45) is 1.57. The van der Waals surface area contributed by atoms with Gasteiger partial charge in [-0.3, -0.25) is 14.1 Å². The van der Waals surface area contributed by atoms with Crippen molar-refractivity contribution in [3.05, 3.63) is 42.0 Å². The Bertz CT molecular complexity index is 1350.